The zero-order valence-electron chi connectivity index (χ0n) is 14.1. The summed E-state index contributed by atoms with van der Waals surface area (Å²) in [6.45, 7) is 2.83. The average Bonchev–Trinajstić information content (AvgIpc) is 3.11. The summed E-state index contributed by atoms with van der Waals surface area (Å²) in [5, 5.41) is 3.98. The highest BCUT2D eigenvalue weighted by Crippen LogP contribution is 2.23. The van der Waals surface area contributed by atoms with Gasteiger partial charge in [0.05, 0.1) is 0 Å². The Labute approximate surface area is 142 Å². The van der Waals surface area contributed by atoms with Crippen molar-refractivity contribution in [1.82, 2.24) is 20.0 Å². The molecule has 6 heteroatoms. The van der Waals surface area contributed by atoms with Gasteiger partial charge in [-0.15, -0.1) is 0 Å². The normalized spacial score (nSPS) is 15.4. The van der Waals surface area contributed by atoms with Crippen molar-refractivity contribution in [2.75, 3.05) is 6.54 Å². The van der Waals surface area contributed by atoms with E-state index >= 15 is 0 Å². The van der Waals surface area contributed by atoms with Crippen LogP contribution in [0.4, 0.5) is 0 Å². The standard InChI is InChI=1S/C18H24N4O2/c1-2-22(15-6-4-3-5-7-15)17(23)9-8-16-20-18(21-24-16)14-10-12-19-13-11-14/h10-13,15H,2-9H2,1H3. The first-order valence-corrected chi connectivity index (χ1v) is 8.80. The van der Waals surface area contributed by atoms with E-state index in [0.29, 0.717) is 30.6 Å². The van der Waals surface area contributed by atoms with Crippen molar-refractivity contribution in [1.29, 1.82) is 0 Å². The second kappa shape index (κ2) is 8.04. The molecule has 0 aromatic carbocycles. The third-order valence-electron chi connectivity index (χ3n) is 4.64. The zero-order chi connectivity index (χ0) is 16.8. The van der Waals surface area contributed by atoms with Crippen molar-refractivity contribution in [3.63, 3.8) is 0 Å². The van der Waals surface area contributed by atoms with Gasteiger partial charge in [-0.25, -0.2) is 0 Å². The van der Waals surface area contributed by atoms with E-state index in [-0.39, 0.29) is 5.91 Å². The molecule has 1 aliphatic carbocycles. The fourth-order valence-corrected chi connectivity index (χ4v) is 3.36. The molecule has 0 radical (unpaired) electrons. The van der Waals surface area contributed by atoms with Gasteiger partial charge in [0.1, 0.15) is 0 Å². The molecule has 0 bridgehead atoms. The summed E-state index contributed by atoms with van der Waals surface area (Å²) in [5.41, 5.74) is 0.865. The molecule has 1 fully saturated rings. The maximum Gasteiger partial charge on any atom is 0.227 e. The van der Waals surface area contributed by atoms with E-state index in [1.807, 2.05) is 17.0 Å². The third kappa shape index (κ3) is 3.99. The van der Waals surface area contributed by atoms with E-state index in [9.17, 15) is 4.79 Å². The summed E-state index contributed by atoms with van der Waals surface area (Å²) in [5.74, 6) is 1.24. The summed E-state index contributed by atoms with van der Waals surface area (Å²) in [6, 6.07) is 4.08. The Kier molecular flexibility index (Phi) is 5.56. The number of carbonyl (C=O) groups excluding carboxylic acids is 1. The molecule has 0 spiro atoms. The fraction of sp³-hybridized carbons (Fsp3) is 0.556. The van der Waals surface area contributed by atoms with Gasteiger partial charge in [-0.2, -0.15) is 4.98 Å². The lowest BCUT2D eigenvalue weighted by Crippen LogP contribution is -2.41. The van der Waals surface area contributed by atoms with Crippen LogP contribution in [0.3, 0.4) is 0 Å². The summed E-state index contributed by atoms with van der Waals surface area (Å²) in [7, 11) is 0. The predicted octanol–water partition coefficient (Wildman–Crippen LogP) is 3.25. The SMILES string of the molecule is CCN(C(=O)CCc1nc(-c2ccncc2)no1)C1CCCCC1. The molecule has 6 nitrogen and oxygen atoms in total. The summed E-state index contributed by atoms with van der Waals surface area (Å²) in [4.78, 5) is 22.9. The predicted molar refractivity (Wildman–Crippen MR) is 90.1 cm³/mol. The van der Waals surface area contributed by atoms with Crippen LogP contribution in [0.5, 0.6) is 0 Å². The Hall–Kier alpha value is -2.24. The van der Waals surface area contributed by atoms with E-state index in [1.165, 1.54) is 19.3 Å². The Morgan fingerprint density at radius 3 is 2.71 bits per heavy atom. The molecule has 3 rings (SSSR count). The van der Waals surface area contributed by atoms with Crippen molar-refractivity contribution in [3.8, 4) is 11.4 Å². The lowest BCUT2D eigenvalue weighted by molar-refractivity contribution is -0.134. The number of pyridine rings is 1. The number of rotatable bonds is 6. The number of hydrogen-bond acceptors (Lipinski definition) is 5. The molecule has 0 saturated heterocycles. The highest BCUT2D eigenvalue weighted by atomic mass is 16.5. The van der Waals surface area contributed by atoms with E-state index in [4.69, 9.17) is 4.52 Å². The van der Waals surface area contributed by atoms with Gasteiger partial charge in [0.25, 0.3) is 0 Å². The van der Waals surface area contributed by atoms with Gasteiger partial charge < -0.3 is 9.42 Å². The van der Waals surface area contributed by atoms with Crippen LogP contribution in [0.1, 0.15) is 51.3 Å². The van der Waals surface area contributed by atoms with Crippen LogP contribution < -0.4 is 0 Å². The topological polar surface area (TPSA) is 72.1 Å². The van der Waals surface area contributed by atoms with Gasteiger partial charge in [-0.3, -0.25) is 9.78 Å². The largest absolute Gasteiger partial charge is 0.340 e. The fourth-order valence-electron chi connectivity index (χ4n) is 3.36. The number of nitrogens with zero attached hydrogens (tertiary/aromatic N) is 4. The number of carbonyl (C=O) groups is 1. The molecule has 0 unspecified atom stereocenters. The molecule has 1 aliphatic rings. The Morgan fingerprint density at radius 1 is 1.25 bits per heavy atom. The summed E-state index contributed by atoms with van der Waals surface area (Å²) >= 11 is 0. The molecule has 2 aromatic heterocycles. The first kappa shape index (κ1) is 16.6. The third-order valence-corrected chi connectivity index (χ3v) is 4.64. The number of aromatic nitrogens is 3. The first-order valence-electron chi connectivity index (χ1n) is 8.80. The van der Waals surface area contributed by atoms with Crippen molar-refractivity contribution < 1.29 is 9.32 Å². The molecule has 128 valence electrons. The van der Waals surface area contributed by atoms with Crippen LogP contribution in [0.25, 0.3) is 11.4 Å². The molecular formula is C18H24N4O2. The van der Waals surface area contributed by atoms with Crippen LogP contribution >= 0.6 is 0 Å². The lowest BCUT2D eigenvalue weighted by atomic mass is 9.94. The second-order valence-corrected chi connectivity index (χ2v) is 6.22. The smallest absolute Gasteiger partial charge is 0.227 e. The zero-order valence-corrected chi connectivity index (χ0v) is 14.1. The molecule has 2 heterocycles. The van der Waals surface area contributed by atoms with Crippen LogP contribution in [0, 0.1) is 0 Å². The quantitative estimate of drug-likeness (QED) is 0.814. The van der Waals surface area contributed by atoms with Gasteiger partial charge in [0.2, 0.25) is 17.6 Å². The van der Waals surface area contributed by atoms with Crippen LogP contribution in [0.15, 0.2) is 29.0 Å². The van der Waals surface area contributed by atoms with Gasteiger partial charge >= 0.3 is 0 Å². The van der Waals surface area contributed by atoms with Gasteiger partial charge in [0.15, 0.2) is 0 Å². The summed E-state index contributed by atoms with van der Waals surface area (Å²) in [6.07, 6.45) is 10.3. The van der Waals surface area contributed by atoms with Crippen molar-refractivity contribution in [2.24, 2.45) is 0 Å². The monoisotopic (exact) mass is 328 g/mol. The molecule has 0 atom stereocenters. The lowest BCUT2D eigenvalue weighted by Gasteiger charge is -2.33. The van der Waals surface area contributed by atoms with Crippen molar-refractivity contribution >= 4 is 5.91 Å². The van der Waals surface area contributed by atoms with Crippen molar-refractivity contribution in [3.05, 3.63) is 30.4 Å². The Bertz CT molecular complexity index is 650. The maximum atomic E-state index is 12.6. The minimum atomic E-state index is 0.188. The molecule has 2 aromatic rings. The molecule has 1 amide bonds. The molecular weight excluding hydrogens is 304 g/mol. The highest BCUT2D eigenvalue weighted by Gasteiger charge is 2.24. The highest BCUT2D eigenvalue weighted by molar-refractivity contribution is 5.76. The van der Waals surface area contributed by atoms with E-state index in [0.717, 1.165) is 24.9 Å². The number of amides is 1. The van der Waals surface area contributed by atoms with E-state index < -0.39 is 0 Å². The Balaban J connectivity index is 1.56. The maximum absolute atomic E-state index is 12.6. The first-order chi connectivity index (χ1) is 11.8. The van der Waals surface area contributed by atoms with Gasteiger partial charge in [-0.1, -0.05) is 24.4 Å². The van der Waals surface area contributed by atoms with E-state index in [2.05, 4.69) is 22.0 Å². The Morgan fingerprint density at radius 2 is 2.00 bits per heavy atom. The van der Waals surface area contributed by atoms with Crippen LogP contribution in [0.2, 0.25) is 0 Å². The molecule has 1 saturated carbocycles. The van der Waals surface area contributed by atoms with Crippen molar-refractivity contribution in [2.45, 2.75) is 57.9 Å². The molecule has 0 N–H and O–H groups in total. The molecule has 0 aliphatic heterocycles. The molecule has 24 heavy (non-hydrogen) atoms. The van der Waals surface area contributed by atoms with E-state index in [1.54, 1.807) is 12.4 Å². The minimum Gasteiger partial charge on any atom is -0.340 e. The average molecular weight is 328 g/mol. The van der Waals surface area contributed by atoms with Crippen LogP contribution in [-0.4, -0.2) is 38.5 Å². The van der Waals surface area contributed by atoms with Gasteiger partial charge in [0, 0.05) is 43.4 Å². The van der Waals surface area contributed by atoms with Gasteiger partial charge in [-0.05, 0) is 31.9 Å². The minimum absolute atomic E-state index is 0.188. The number of hydrogen-bond donors (Lipinski definition) is 0. The van der Waals surface area contributed by atoms with Crippen LogP contribution in [-0.2, 0) is 11.2 Å². The second-order valence-electron chi connectivity index (χ2n) is 6.22. The summed E-state index contributed by atoms with van der Waals surface area (Å²) < 4.78 is 5.28. The number of aryl methyl sites for hydroxylation is 1.